The number of halogens is 2. The molecule has 2 aromatic rings. The van der Waals surface area contributed by atoms with Gasteiger partial charge in [0.25, 0.3) is 0 Å². The van der Waals surface area contributed by atoms with Crippen LogP contribution in [0.25, 0.3) is 6.08 Å². The van der Waals surface area contributed by atoms with Crippen LogP contribution >= 0.6 is 11.3 Å². The molecule has 0 fully saturated rings. The fourth-order valence-corrected chi connectivity index (χ4v) is 2.70. The Kier molecular flexibility index (Phi) is 5.86. The smallest absolute Gasteiger partial charge is 0.387 e. The minimum Gasteiger partial charge on any atom is -0.493 e. The topological polar surface area (TPSA) is 60.5 Å². The molecule has 0 bridgehead atoms. The van der Waals surface area contributed by atoms with Crippen molar-refractivity contribution in [2.45, 2.75) is 20.5 Å². The van der Waals surface area contributed by atoms with Gasteiger partial charge in [-0.3, -0.25) is 10.1 Å². The molecule has 5 nitrogen and oxygen atoms in total. The van der Waals surface area contributed by atoms with Gasteiger partial charge in [-0.15, -0.1) is 11.3 Å². The van der Waals surface area contributed by atoms with Crippen LogP contribution in [0.1, 0.15) is 16.1 Å². The van der Waals surface area contributed by atoms with Crippen molar-refractivity contribution in [2.24, 2.45) is 0 Å². The molecule has 1 N–H and O–H groups in total. The summed E-state index contributed by atoms with van der Waals surface area (Å²) in [5.41, 5.74) is 1.15. The highest BCUT2D eigenvalue weighted by molar-refractivity contribution is 7.15. The van der Waals surface area contributed by atoms with Gasteiger partial charge in [-0.25, -0.2) is 4.98 Å². The van der Waals surface area contributed by atoms with E-state index in [1.54, 1.807) is 12.1 Å². The van der Waals surface area contributed by atoms with Crippen LogP contribution in [0.3, 0.4) is 0 Å². The molecule has 1 aromatic carbocycles. The van der Waals surface area contributed by atoms with E-state index in [1.165, 1.54) is 36.7 Å². The first-order valence-electron chi connectivity index (χ1n) is 6.95. The lowest BCUT2D eigenvalue weighted by Crippen LogP contribution is -2.08. The third-order valence-corrected chi connectivity index (χ3v) is 4.10. The second-order valence-corrected chi connectivity index (χ2v) is 5.94. The highest BCUT2D eigenvalue weighted by atomic mass is 32.1. The molecule has 0 spiro atoms. The molecule has 0 radical (unpaired) electrons. The highest BCUT2D eigenvalue weighted by Crippen LogP contribution is 2.33. The van der Waals surface area contributed by atoms with Crippen molar-refractivity contribution < 1.29 is 23.0 Å². The van der Waals surface area contributed by atoms with Crippen molar-refractivity contribution in [3.63, 3.8) is 0 Å². The number of alkyl halides is 2. The van der Waals surface area contributed by atoms with E-state index in [9.17, 15) is 13.6 Å². The number of methoxy groups -OCH3 is 1. The van der Waals surface area contributed by atoms with Crippen LogP contribution in [-0.2, 0) is 4.79 Å². The van der Waals surface area contributed by atoms with E-state index in [0.717, 1.165) is 10.6 Å². The molecule has 0 atom stereocenters. The third kappa shape index (κ3) is 4.51. The summed E-state index contributed by atoms with van der Waals surface area (Å²) in [5.74, 6) is -0.390. The number of para-hydroxylation sites is 1. The SMILES string of the molecule is COc1cccc(/C=C/C(=O)Nc2nc(C)c(C)s2)c1OC(F)F. The lowest BCUT2D eigenvalue weighted by Gasteiger charge is -2.12. The van der Waals surface area contributed by atoms with Crippen molar-refractivity contribution >= 4 is 28.5 Å². The maximum absolute atomic E-state index is 12.6. The van der Waals surface area contributed by atoms with Crippen molar-refractivity contribution in [3.8, 4) is 11.5 Å². The number of anilines is 1. The van der Waals surface area contributed by atoms with Crippen LogP contribution in [0, 0.1) is 13.8 Å². The van der Waals surface area contributed by atoms with E-state index in [0.29, 0.717) is 10.7 Å². The zero-order chi connectivity index (χ0) is 17.7. The van der Waals surface area contributed by atoms with Crippen LogP contribution < -0.4 is 14.8 Å². The molecule has 0 aliphatic rings. The summed E-state index contributed by atoms with van der Waals surface area (Å²) in [6.07, 6.45) is 2.60. The van der Waals surface area contributed by atoms with Gasteiger partial charge < -0.3 is 9.47 Å². The van der Waals surface area contributed by atoms with Crippen LogP contribution in [0.2, 0.25) is 0 Å². The standard InChI is InChI=1S/C16H16F2N2O3S/c1-9-10(2)24-16(19-9)20-13(21)8-7-11-5-4-6-12(22-3)14(11)23-15(17)18/h4-8,15H,1-3H3,(H,19,20,21)/b8-7+. The number of thiazole rings is 1. The first-order chi connectivity index (χ1) is 11.4. The number of rotatable bonds is 6. The van der Waals surface area contributed by atoms with Crippen molar-refractivity contribution in [2.75, 3.05) is 12.4 Å². The maximum Gasteiger partial charge on any atom is 0.387 e. The van der Waals surface area contributed by atoms with Crippen LogP contribution in [0.5, 0.6) is 11.5 Å². The highest BCUT2D eigenvalue weighted by Gasteiger charge is 2.14. The van der Waals surface area contributed by atoms with Gasteiger partial charge in [-0.1, -0.05) is 12.1 Å². The van der Waals surface area contributed by atoms with Crippen LogP contribution in [0.4, 0.5) is 13.9 Å². The van der Waals surface area contributed by atoms with Crippen LogP contribution in [0.15, 0.2) is 24.3 Å². The number of aryl methyl sites for hydroxylation is 2. The molecule has 1 amide bonds. The Labute approximate surface area is 141 Å². The van der Waals surface area contributed by atoms with Gasteiger partial charge in [-0.05, 0) is 26.0 Å². The Morgan fingerprint density at radius 3 is 2.71 bits per heavy atom. The molecule has 1 heterocycles. The quantitative estimate of drug-likeness (QED) is 0.796. The van der Waals surface area contributed by atoms with Gasteiger partial charge in [0, 0.05) is 16.5 Å². The first-order valence-corrected chi connectivity index (χ1v) is 7.77. The van der Waals surface area contributed by atoms with Gasteiger partial charge in [-0.2, -0.15) is 8.78 Å². The number of amides is 1. The number of carbonyl (C=O) groups excluding carboxylic acids is 1. The predicted molar refractivity (Wildman–Crippen MR) is 88.9 cm³/mol. The van der Waals surface area contributed by atoms with Crippen molar-refractivity contribution in [1.82, 2.24) is 4.98 Å². The number of ether oxygens (including phenoxy) is 2. The molecule has 0 saturated heterocycles. The molecule has 0 unspecified atom stereocenters. The van der Waals surface area contributed by atoms with Gasteiger partial charge in [0.2, 0.25) is 5.91 Å². The normalized spacial score (nSPS) is 11.1. The van der Waals surface area contributed by atoms with Gasteiger partial charge in [0.15, 0.2) is 16.6 Å². The largest absolute Gasteiger partial charge is 0.493 e. The van der Waals surface area contributed by atoms with Gasteiger partial charge >= 0.3 is 6.61 Å². The molecule has 24 heavy (non-hydrogen) atoms. The minimum absolute atomic E-state index is 0.125. The number of hydrogen-bond donors (Lipinski definition) is 1. The molecule has 8 heteroatoms. The van der Waals surface area contributed by atoms with E-state index in [2.05, 4.69) is 15.0 Å². The van der Waals surface area contributed by atoms with E-state index in [4.69, 9.17) is 4.74 Å². The second kappa shape index (κ2) is 7.87. The summed E-state index contributed by atoms with van der Waals surface area (Å²) in [5, 5.41) is 3.10. The van der Waals surface area contributed by atoms with Crippen molar-refractivity contribution in [1.29, 1.82) is 0 Å². The number of hydrogen-bond acceptors (Lipinski definition) is 5. The number of nitrogens with one attached hydrogen (secondary N) is 1. The summed E-state index contributed by atoms with van der Waals surface area (Å²) in [4.78, 5) is 17.2. The average Bonchev–Trinajstić information content (AvgIpc) is 2.83. The zero-order valence-corrected chi connectivity index (χ0v) is 14.1. The fourth-order valence-electron chi connectivity index (χ4n) is 1.88. The Balaban J connectivity index is 2.16. The molecular formula is C16H16F2N2O3S. The molecule has 0 saturated carbocycles. The lowest BCUT2D eigenvalue weighted by atomic mass is 10.1. The lowest BCUT2D eigenvalue weighted by molar-refractivity contribution is -0.111. The summed E-state index contributed by atoms with van der Waals surface area (Å²) < 4.78 is 34.6. The van der Waals surface area contributed by atoms with E-state index in [-0.39, 0.29) is 11.5 Å². The maximum atomic E-state index is 12.6. The number of benzene rings is 1. The van der Waals surface area contributed by atoms with Gasteiger partial charge in [0.05, 0.1) is 12.8 Å². The Morgan fingerprint density at radius 2 is 2.12 bits per heavy atom. The minimum atomic E-state index is -3.00. The molecule has 128 valence electrons. The van der Waals surface area contributed by atoms with E-state index >= 15 is 0 Å². The summed E-state index contributed by atoms with van der Waals surface area (Å²) in [7, 11) is 1.35. The van der Waals surface area contributed by atoms with Gasteiger partial charge in [0.1, 0.15) is 0 Å². The van der Waals surface area contributed by atoms with Crippen molar-refractivity contribution in [3.05, 3.63) is 40.4 Å². The molecule has 0 aliphatic carbocycles. The molecule has 0 aliphatic heterocycles. The second-order valence-electron chi connectivity index (χ2n) is 4.74. The Hall–Kier alpha value is -2.48. The Bertz CT molecular complexity index is 740. The van der Waals surface area contributed by atoms with E-state index < -0.39 is 12.5 Å². The number of nitrogens with zero attached hydrogens (tertiary/aromatic N) is 1. The first kappa shape index (κ1) is 17.9. The molecular weight excluding hydrogens is 338 g/mol. The van der Waals surface area contributed by atoms with E-state index in [1.807, 2.05) is 13.8 Å². The number of aromatic nitrogens is 1. The summed E-state index contributed by atoms with van der Waals surface area (Å²) in [6.45, 7) is 0.757. The van der Waals surface area contributed by atoms with Crippen LogP contribution in [-0.4, -0.2) is 24.6 Å². The third-order valence-electron chi connectivity index (χ3n) is 3.11. The zero-order valence-electron chi connectivity index (χ0n) is 13.3. The molecule has 2 rings (SSSR count). The monoisotopic (exact) mass is 354 g/mol. The average molecular weight is 354 g/mol. The Morgan fingerprint density at radius 1 is 1.38 bits per heavy atom. The predicted octanol–water partition coefficient (Wildman–Crippen LogP) is 4.02. The molecule has 1 aromatic heterocycles. The fraction of sp³-hybridized carbons (Fsp3) is 0.250. The summed E-state index contributed by atoms with van der Waals surface area (Å²) >= 11 is 1.36. The number of carbonyl (C=O) groups is 1. The summed E-state index contributed by atoms with van der Waals surface area (Å²) in [6, 6.07) is 4.65.